The van der Waals surface area contributed by atoms with Crippen LogP contribution in [0.2, 0.25) is 0 Å². The molecular formula is C8H14F3N. The van der Waals surface area contributed by atoms with Crippen LogP contribution in [0, 0.1) is 11.8 Å². The van der Waals surface area contributed by atoms with Gasteiger partial charge >= 0.3 is 6.18 Å². The van der Waals surface area contributed by atoms with E-state index in [1.54, 1.807) is 0 Å². The minimum Gasteiger partial charge on any atom is -0.306 e. The molecule has 12 heavy (non-hydrogen) atoms. The first-order valence-corrected chi connectivity index (χ1v) is 4.21. The third kappa shape index (κ3) is 2.12. The lowest BCUT2D eigenvalue weighted by atomic mass is 9.85. The number of alkyl halides is 3. The molecule has 1 N–H and O–H groups in total. The van der Waals surface area contributed by atoms with Gasteiger partial charge in [-0.1, -0.05) is 13.8 Å². The van der Waals surface area contributed by atoms with Crippen LogP contribution in [0.3, 0.4) is 0 Å². The molecule has 0 amide bonds. The first-order chi connectivity index (χ1) is 5.41. The standard InChI is InChI=1S/C8H14F3N/c1-5-3-7(8(9,10)11)12-4-6(5)2/h5-7,12H,3-4H2,1-2H3. The summed E-state index contributed by atoms with van der Waals surface area (Å²) < 4.78 is 36.5. The number of halogens is 3. The van der Waals surface area contributed by atoms with Gasteiger partial charge in [-0.3, -0.25) is 0 Å². The Kier molecular flexibility index (Phi) is 2.66. The fourth-order valence-electron chi connectivity index (χ4n) is 1.47. The van der Waals surface area contributed by atoms with E-state index in [0.717, 1.165) is 0 Å². The van der Waals surface area contributed by atoms with Gasteiger partial charge in [-0.05, 0) is 24.8 Å². The molecule has 3 atom stereocenters. The molecule has 3 unspecified atom stereocenters. The van der Waals surface area contributed by atoms with Gasteiger partial charge in [0, 0.05) is 0 Å². The van der Waals surface area contributed by atoms with E-state index >= 15 is 0 Å². The van der Waals surface area contributed by atoms with Gasteiger partial charge in [-0.25, -0.2) is 0 Å². The highest BCUT2D eigenvalue weighted by molar-refractivity contribution is 4.84. The summed E-state index contributed by atoms with van der Waals surface area (Å²) in [6, 6.07) is -1.29. The van der Waals surface area contributed by atoms with Gasteiger partial charge in [-0.15, -0.1) is 0 Å². The Morgan fingerprint density at radius 1 is 1.17 bits per heavy atom. The van der Waals surface area contributed by atoms with E-state index in [9.17, 15) is 13.2 Å². The summed E-state index contributed by atoms with van der Waals surface area (Å²) in [5.41, 5.74) is 0. The molecule has 1 aliphatic heterocycles. The van der Waals surface area contributed by atoms with Crippen LogP contribution in [0.25, 0.3) is 0 Å². The first-order valence-electron chi connectivity index (χ1n) is 4.21. The smallest absolute Gasteiger partial charge is 0.306 e. The number of hydrogen-bond donors (Lipinski definition) is 1. The molecule has 0 aliphatic carbocycles. The summed E-state index contributed by atoms with van der Waals surface area (Å²) >= 11 is 0. The Hall–Kier alpha value is -0.250. The molecule has 1 nitrogen and oxygen atoms in total. The van der Waals surface area contributed by atoms with Crippen molar-refractivity contribution in [3.63, 3.8) is 0 Å². The zero-order valence-electron chi connectivity index (χ0n) is 7.28. The fourth-order valence-corrected chi connectivity index (χ4v) is 1.47. The van der Waals surface area contributed by atoms with Crippen LogP contribution in [-0.2, 0) is 0 Å². The summed E-state index contributed by atoms with van der Waals surface area (Å²) in [5, 5.41) is 2.51. The number of nitrogens with one attached hydrogen (secondary N) is 1. The number of hydrogen-bond acceptors (Lipinski definition) is 1. The lowest BCUT2D eigenvalue weighted by Gasteiger charge is -2.34. The second-order valence-corrected chi connectivity index (χ2v) is 3.69. The zero-order chi connectivity index (χ0) is 9.35. The largest absolute Gasteiger partial charge is 0.403 e. The van der Waals surface area contributed by atoms with Crippen molar-refractivity contribution in [2.24, 2.45) is 11.8 Å². The van der Waals surface area contributed by atoms with E-state index in [-0.39, 0.29) is 12.3 Å². The summed E-state index contributed by atoms with van der Waals surface area (Å²) in [7, 11) is 0. The highest BCUT2D eigenvalue weighted by atomic mass is 19.4. The predicted molar refractivity (Wildman–Crippen MR) is 40.8 cm³/mol. The highest BCUT2D eigenvalue weighted by Gasteiger charge is 2.42. The van der Waals surface area contributed by atoms with Gasteiger partial charge in [0.05, 0.1) is 0 Å². The maximum Gasteiger partial charge on any atom is 0.403 e. The Morgan fingerprint density at radius 2 is 1.75 bits per heavy atom. The Balaban J connectivity index is 2.51. The monoisotopic (exact) mass is 181 g/mol. The molecule has 1 saturated heterocycles. The minimum atomic E-state index is -4.08. The molecule has 0 aromatic carbocycles. The molecule has 0 aromatic heterocycles. The third-order valence-corrected chi connectivity index (χ3v) is 2.66. The highest BCUT2D eigenvalue weighted by Crippen LogP contribution is 2.30. The van der Waals surface area contributed by atoms with Crippen molar-refractivity contribution in [3.05, 3.63) is 0 Å². The Morgan fingerprint density at radius 3 is 2.17 bits per heavy atom. The lowest BCUT2D eigenvalue weighted by molar-refractivity contribution is -0.165. The predicted octanol–water partition coefficient (Wildman–Crippen LogP) is 2.18. The summed E-state index contributed by atoms with van der Waals surface area (Å²) in [4.78, 5) is 0. The normalized spacial score (nSPS) is 38.2. The van der Waals surface area contributed by atoms with Gasteiger partial charge in [0.15, 0.2) is 0 Å². The summed E-state index contributed by atoms with van der Waals surface area (Å²) in [6.07, 6.45) is -3.86. The van der Waals surface area contributed by atoms with Crippen molar-refractivity contribution in [1.82, 2.24) is 5.32 Å². The van der Waals surface area contributed by atoms with E-state index < -0.39 is 12.2 Å². The van der Waals surface area contributed by atoms with Crippen LogP contribution in [0.5, 0.6) is 0 Å². The van der Waals surface area contributed by atoms with Crippen LogP contribution >= 0.6 is 0 Å². The SMILES string of the molecule is CC1CNC(C(F)(F)F)CC1C. The maximum atomic E-state index is 12.2. The van der Waals surface area contributed by atoms with Crippen LogP contribution in [0.15, 0.2) is 0 Å². The Bertz CT molecular complexity index is 155. The van der Waals surface area contributed by atoms with Crippen LogP contribution in [0.1, 0.15) is 20.3 Å². The Labute approximate surface area is 70.3 Å². The average molecular weight is 181 g/mol. The molecule has 72 valence electrons. The van der Waals surface area contributed by atoms with Gasteiger partial charge in [0.1, 0.15) is 6.04 Å². The second-order valence-electron chi connectivity index (χ2n) is 3.69. The van der Waals surface area contributed by atoms with Gasteiger partial charge in [0.2, 0.25) is 0 Å². The second kappa shape index (κ2) is 3.24. The number of rotatable bonds is 0. The molecule has 1 fully saturated rings. The molecule has 0 spiro atoms. The molecular weight excluding hydrogens is 167 g/mol. The van der Waals surface area contributed by atoms with Crippen molar-refractivity contribution in [2.75, 3.05) is 6.54 Å². The van der Waals surface area contributed by atoms with Crippen molar-refractivity contribution in [2.45, 2.75) is 32.5 Å². The molecule has 4 heteroatoms. The van der Waals surface area contributed by atoms with Crippen LogP contribution in [0.4, 0.5) is 13.2 Å². The topological polar surface area (TPSA) is 12.0 Å². The van der Waals surface area contributed by atoms with Crippen LogP contribution in [-0.4, -0.2) is 18.8 Å². The van der Waals surface area contributed by atoms with E-state index in [0.29, 0.717) is 12.5 Å². The molecule has 1 aliphatic rings. The minimum absolute atomic E-state index is 0.165. The lowest BCUT2D eigenvalue weighted by Crippen LogP contribution is -2.50. The molecule has 0 saturated carbocycles. The molecule has 0 radical (unpaired) electrons. The first kappa shape index (κ1) is 9.84. The van der Waals surface area contributed by atoms with Crippen LogP contribution < -0.4 is 5.32 Å². The van der Waals surface area contributed by atoms with Crippen molar-refractivity contribution >= 4 is 0 Å². The summed E-state index contributed by atoms with van der Waals surface area (Å²) in [6.45, 7) is 4.33. The van der Waals surface area contributed by atoms with Gasteiger partial charge in [-0.2, -0.15) is 13.2 Å². The molecule has 1 heterocycles. The zero-order valence-corrected chi connectivity index (χ0v) is 7.28. The molecule has 0 aromatic rings. The molecule has 0 bridgehead atoms. The van der Waals surface area contributed by atoms with Crippen molar-refractivity contribution < 1.29 is 13.2 Å². The average Bonchev–Trinajstić information content (AvgIpc) is 1.92. The maximum absolute atomic E-state index is 12.2. The van der Waals surface area contributed by atoms with Crippen molar-refractivity contribution in [3.8, 4) is 0 Å². The van der Waals surface area contributed by atoms with Gasteiger partial charge < -0.3 is 5.32 Å². The third-order valence-electron chi connectivity index (χ3n) is 2.66. The number of piperidine rings is 1. The van der Waals surface area contributed by atoms with Crippen molar-refractivity contribution in [1.29, 1.82) is 0 Å². The van der Waals surface area contributed by atoms with Gasteiger partial charge in [0.25, 0.3) is 0 Å². The van der Waals surface area contributed by atoms with E-state index in [1.807, 2.05) is 13.8 Å². The summed E-state index contributed by atoms with van der Waals surface area (Å²) in [5.74, 6) is 0.515. The fraction of sp³-hybridized carbons (Fsp3) is 1.00. The van der Waals surface area contributed by atoms with E-state index in [4.69, 9.17) is 0 Å². The molecule has 1 rings (SSSR count). The van der Waals surface area contributed by atoms with E-state index in [2.05, 4.69) is 5.32 Å². The van der Waals surface area contributed by atoms with E-state index in [1.165, 1.54) is 0 Å². The quantitative estimate of drug-likeness (QED) is 0.604.